The van der Waals surface area contributed by atoms with Gasteiger partial charge in [-0.3, -0.25) is 38.6 Å². The zero-order chi connectivity index (χ0) is 65.4. The average molecular weight is 1280 g/mol. The van der Waals surface area contributed by atoms with Crippen LogP contribution < -0.4 is 21.3 Å². The maximum absolute atomic E-state index is 14.8. The zero-order valence-electron chi connectivity index (χ0n) is 54.4. The van der Waals surface area contributed by atoms with Crippen molar-refractivity contribution in [2.45, 2.75) is 211 Å². The van der Waals surface area contributed by atoms with Crippen molar-refractivity contribution < 1.29 is 57.3 Å². The van der Waals surface area contributed by atoms with Crippen LogP contribution in [0.4, 0.5) is 9.59 Å². The number of amides is 8. The van der Waals surface area contributed by atoms with Gasteiger partial charge in [0.15, 0.2) is 0 Å². The van der Waals surface area contributed by atoms with Gasteiger partial charge in [-0.15, -0.1) is 23.5 Å². The van der Waals surface area contributed by atoms with Crippen LogP contribution in [-0.2, 0) is 67.2 Å². The number of benzene rings is 3. The molecule has 4 N–H and O–H groups in total. The van der Waals surface area contributed by atoms with Gasteiger partial charge in [0.05, 0.1) is 41.6 Å². The molecule has 0 bridgehead atoms. The Morgan fingerprint density at radius 1 is 0.611 bits per heavy atom. The minimum atomic E-state index is -0.924. The molecule has 8 amide bonds. The van der Waals surface area contributed by atoms with Crippen molar-refractivity contribution in [3.63, 3.8) is 0 Å². The van der Waals surface area contributed by atoms with Gasteiger partial charge in [0, 0.05) is 32.5 Å². The molecule has 6 aliphatic rings. The lowest BCUT2D eigenvalue weighted by Crippen LogP contribution is -2.58. The predicted molar refractivity (Wildman–Crippen MR) is 344 cm³/mol. The van der Waals surface area contributed by atoms with E-state index in [-0.39, 0.29) is 47.6 Å². The quantitative estimate of drug-likeness (QED) is 0.106. The zero-order valence-corrected chi connectivity index (χ0v) is 56.1. The summed E-state index contributed by atoms with van der Waals surface area (Å²) in [4.78, 5) is 117. The first-order valence-electron chi connectivity index (χ1n) is 31.3. The van der Waals surface area contributed by atoms with E-state index in [0.717, 1.165) is 33.4 Å². The molecular weight excluding hydrogens is 1180 g/mol. The molecule has 4 fully saturated rings. The second-order valence-electron chi connectivity index (χ2n) is 28.0. The first-order chi connectivity index (χ1) is 42.3. The van der Waals surface area contributed by atoms with Gasteiger partial charge < -0.3 is 50.0 Å². The molecule has 0 radical (unpaired) electrons. The molecule has 2 unspecified atom stereocenters. The Hall–Kier alpha value is -6.80. The van der Waals surface area contributed by atoms with Crippen LogP contribution in [0.25, 0.3) is 0 Å². The van der Waals surface area contributed by atoms with E-state index in [1.54, 1.807) is 88.7 Å². The molecule has 9 rings (SSSR count). The lowest BCUT2D eigenvalue weighted by molar-refractivity contribution is -0.144. The van der Waals surface area contributed by atoms with E-state index in [0.29, 0.717) is 50.0 Å². The second-order valence-corrected chi connectivity index (χ2v) is 30.6. The van der Waals surface area contributed by atoms with E-state index >= 15 is 0 Å². The lowest BCUT2D eigenvalue weighted by Gasteiger charge is -2.35. The number of fused-ring (bicyclic) bond motifs is 4. The number of nitrogens with one attached hydrogen (secondary N) is 4. The summed E-state index contributed by atoms with van der Waals surface area (Å²) in [6, 6.07) is 17.3. The molecule has 2 aliphatic carbocycles. The van der Waals surface area contributed by atoms with Crippen molar-refractivity contribution in [3.05, 3.63) is 106 Å². The van der Waals surface area contributed by atoms with Crippen molar-refractivity contribution in [2.24, 2.45) is 10.8 Å². The summed E-state index contributed by atoms with van der Waals surface area (Å²) in [6.45, 7) is 22.0. The maximum atomic E-state index is 14.8. The Balaban J connectivity index is 0.809. The van der Waals surface area contributed by atoms with Gasteiger partial charge in [0.2, 0.25) is 35.4 Å². The van der Waals surface area contributed by atoms with Crippen LogP contribution in [0.3, 0.4) is 0 Å². The molecule has 22 heteroatoms. The minimum Gasteiger partial charge on any atom is -0.444 e. The second kappa shape index (κ2) is 27.2. The van der Waals surface area contributed by atoms with E-state index in [1.807, 2.05) is 100 Å². The van der Waals surface area contributed by atoms with Crippen LogP contribution in [0.2, 0.25) is 0 Å². The highest BCUT2D eigenvalue weighted by atomic mass is 32.2. The fourth-order valence-electron chi connectivity index (χ4n) is 13.0. The van der Waals surface area contributed by atoms with Gasteiger partial charge in [-0.05, 0) is 143 Å². The molecule has 486 valence electrons. The molecule has 12 atom stereocenters. The number of carbonyl (C=O) groups excluding carboxylic acids is 8. The molecule has 3 aromatic rings. The Kier molecular flexibility index (Phi) is 20.4. The third-order valence-corrected chi connectivity index (χ3v) is 20.5. The molecule has 4 heterocycles. The number of carbonyl (C=O) groups is 8. The average Bonchev–Trinajstić information content (AvgIpc) is 1.67. The molecular formula is C68H90N8O12S2. The Morgan fingerprint density at radius 3 is 1.44 bits per heavy atom. The number of likely N-dealkylation sites (N-methyl/N-ethyl adjacent to an activating group) is 2. The maximum Gasteiger partial charge on any atom is 0.410 e. The first kappa shape index (κ1) is 67.6. The van der Waals surface area contributed by atoms with E-state index in [2.05, 4.69) is 33.1 Å². The van der Waals surface area contributed by atoms with E-state index < -0.39 is 107 Å². The SMILES string of the molecule is C[C@@H](C(=O)N[C@H]1CCSC2CC(C)(C)[C@@H](C(=O)NC3c4ccccc4C[C@H]3OCc3ccc(C#CCO[C@@H]4Cc5ccccc5[C@@H]4NC(=O)[C@H]4N5C(=O)[C@@H](NC(=O)[C@H](C)N(C)C(=O)OC(C)(C)C)CCS[C@H]5CC4(C)C)cc3)N2C1=O)N(C)C(=O)OC(C)(C)C. The summed E-state index contributed by atoms with van der Waals surface area (Å²) >= 11 is 3.21. The summed E-state index contributed by atoms with van der Waals surface area (Å²) in [5.41, 5.74) is 2.94. The van der Waals surface area contributed by atoms with Crippen molar-refractivity contribution in [2.75, 3.05) is 32.2 Å². The molecule has 20 nitrogen and oxygen atoms in total. The summed E-state index contributed by atoms with van der Waals surface area (Å²) in [5, 5.41) is 11.9. The number of hydrogen-bond donors (Lipinski definition) is 4. The summed E-state index contributed by atoms with van der Waals surface area (Å²) in [5.74, 6) is 5.31. The normalized spacial score (nSPS) is 26.3. The van der Waals surface area contributed by atoms with E-state index in [9.17, 15) is 38.4 Å². The Bertz CT molecular complexity index is 3280. The Labute approximate surface area is 538 Å². The summed E-state index contributed by atoms with van der Waals surface area (Å²) < 4.78 is 24.1. The summed E-state index contributed by atoms with van der Waals surface area (Å²) in [6.07, 6.45) is 0.843. The van der Waals surface area contributed by atoms with Gasteiger partial charge >= 0.3 is 12.2 Å². The van der Waals surface area contributed by atoms with Crippen LogP contribution in [0.5, 0.6) is 0 Å². The fourth-order valence-corrected chi connectivity index (χ4v) is 16.2. The van der Waals surface area contributed by atoms with Crippen LogP contribution in [-0.4, -0.2) is 170 Å². The molecule has 3 aromatic carbocycles. The Morgan fingerprint density at radius 2 is 1.02 bits per heavy atom. The predicted octanol–water partition coefficient (Wildman–Crippen LogP) is 7.80. The third kappa shape index (κ3) is 15.2. The molecule has 0 saturated carbocycles. The van der Waals surface area contributed by atoms with E-state index in [1.165, 1.54) is 23.9 Å². The van der Waals surface area contributed by atoms with Gasteiger partial charge in [-0.2, -0.15) is 0 Å². The smallest absolute Gasteiger partial charge is 0.410 e. The van der Waals surface area contributed by atoms with Crippen molar-refractivity contribution in [3.8, 4) is 11.8 Å². The molecule has 0 aromatic heterocycles. The highest BCUT2D eigenvalue weighted by Crippen LogP contribution is 2.49. The summed E-state index contributed by atoms with van der Waals surface area (Å²) in [7, 11) is 2.97. The van der Waals surface area contributed by atoms with Gasteiger partial charge in [0.1, 0.15) is 54.1 Å². The van der Waals surface area contributed by atoms with Crippen LogP contribution in [0.15, 0.2) is 72.8 Å². The topological polar surface area (TPSA) is 235 Å². The van der Waals surface area contributed by atoms with Crippen molar-refractivity contribution in [1.82, 2.24) is 40.9 Å². The minimum absolute atomic E-state index is 0.0848. The number of rotatable bonds is 15. The van der Waals surface area contributed by atoms with Crippen molar-refractivity contribution >= 4 is 71.2 Å². The van der Waals surface area contributed by atoms with Gasteiger partial charge in [0.25, 0.3) is 0 Å². The number of nitrogens with zero attached hydrogens (tertiary/aromatic N) is 4. The standard InChI is InChI=1S/C68H90N8O12S2/c1-39(73(13)63(83)87-65(3,4)5)57(77)69-47-29-32-89-51-36-67(9,10)55(75(51)61(47)81)59(79)71-53-45-23-17-15-21-43(45)34-49(53)85-31-19-20-41-25-27-42(28-26-41)38-86-50-35-44-22-16-18-24-46(44)54(50)72-60(80)56-68(11,12)37-52-76(56)62(82)48(30-33-90-52)70-58(78)40(2)74(14)64(84)88-66(6,7)8/h15-18,21-28,39-40,47-56H,29-38H2,1-14H3,(H,69,77)(H,70,78)(H,71,79)(H,72,80)/t39-,40-,47-,48-,49+,50+,51-,52?,53-,54?,55+,56+/m0/s1. The first-order valence-corrected chi connectivity index (χ1v) is 33.4. The van der Waals surface area contributed by atoms with Crippen LogP contribution in [0, 0.1) is 22.7 Å². The molecule has 0 spiro atoms. The lowest BCUT2D eigenvalue weighted by atomic mass is 9.83. The van der Waals surface area contributed by atoms with E-state index in [4.69, 9.17) is 18.9 Å². The molecule has 4 aliphatic heterocycles. The van der Waals surface area contributed by atoms with Gasteiger partial charge in [-0.1, -0.05) is 100 Å². The molecule has 90 heavy (non-hydrogen) atoms. The highest BCUT2D eigenvalue weighted by molar-refractivity contribution is 8.00. The van der Waals surface area contributed by atoms with Gasteiger partial charge in [-0.25, -0.2) is 9.59 Å². The number of hydrogen-bond acceptors (Lipinski definition) is 14. The van der Waals surface area contributed by atoms with Crippen LogP contribution >= 0.6 is 23.5 Å². The molecule has 4 saturated heterocycles. The van der Waals surface area contributed by atoms with Crippen molar-refractivity contribution in [1.29, 1.82) is 0 Å². The number of ether oxygens (including phenoxy) is 4. The highest BCUT2D eigenvalue weighted by Gasteiger charge is 2.57. The monoisotopic (exact) mass is 1270 g/mol. The number of thioether (sulfide) groups is 2. The largest absolute Gasteiger partial charge is 0.444 e. The van der Waals surface area contributed by atoms with Crippen LogP contribution in [0.1, 0.15) is 154 Å². The fraction of sp³-hybridized carbons (Fsp3) is 0.588. The third-order valence-electron chi connectivity index (χ3n) is 18.0.